The van der Waals surface area contributed by atoms with Gasteiger partial charge in [0.2, 0.25) is 0 Å². The van der Waals surface area contributed by atoms with E-state index in [1.807, 2.05) is 0 Å². The van der Waals surface area contributed by atoms with E-state index in [1.165, 1.54) is 71.7 Å². The molecule has 0 unspecified atom stereocenters. The molecule has 9 aromatic rings. The largest absolute Gasteiger partial charge is 0.311 e. The molecular weight excluding hydrogens is 677 g/mol. The van der Waals surface area contributed by atoms with Gasteiger partial charge in [-0.05, 0) is 118 Å². The minimum Gasteiger partial charge on any atom is -0.311 e. The van der Waals surface area contributed by atoms with E-state index in [0.29, 0.717) is 0 Å². The number of nitrogens with zero attached hydrogens (tertiary/aromatic N) is 2. The van der Waals surface area contributed by atoms with Crippen molar-refractivity contribution in [2.24, 2.45) is 0 Å². The molecule has 56 heavy (non-hydrogen) atoms. The van der Waals surface area contributed by atoms with E-state index < -0.39 is 0 Å². The van der Waals surface area contributed by atoms with Crippen LogP contribution in [0.3, 0.4) is 0 Å². The third kappa shape index (κ3) is 6.32. The van der Waals surface area contributed by atoms with Crippen molar-refractivity contribution < 1.29 is 0 Å². The van der Waals surface area contributed by atoms with Crippen LogP contribution in [-0.2, 0) is 0 Å². The molecule has 0 amide bonds. The smallest absolute Gasteiger partial charge is 0.0541 e. The van der Waals surface area contributed by atoms with Gasteiger partial charge in [-0.15, -0.1) is 0 Å². The molecule has 0 saturated heterocycles. The lowest BCUT2D eigenvalue weighted by Crippen LogP contribution is -2.30. The van der Waals surface area contributed by atoms with Gasteiger partial charge in [0.1, 0.15) is 0 Å². The molecule has 0 fully saturated rings. The lowest BCUT2D eigenvalue weighted by atomic mass is 9.98. The minimum atomic E-state index is 1.06. The predicted octanol–water partition coefficient (Wildman–Crippen LogP) is 13.1. The van der Waals surface area contributed by atoms with Crippen molar-refractivity contribution in [3.63, 3.8) is 0 Å². The molecule has 1 aromatic heterocycles. The predicted molar refractivity (Wildman–Crippen MR) is 237 cm³/mol. The molecule has 10 rings (SSSR count). The molecule has 8 aromatic carbocycles. The number of anilines is 3. The number of hydrogen-bond acceptors (Lipinski definition) is 1. The molecule has 0 N–H and O–H groups in total. The van der Waals surface area contributed by atoms with Crippen LogP contribution in [0, 0.1) is 0 Å². The molecule has 2 nitrogen and oxygen atoms in total. The van der Waals surface area contributed by atoms with Crippen molar-refractivity contribution in [3.05, 3.63) is 217 Å². The van der Waals surface area contributed by atoms with Gasteiger partial charge in [0.15, 0.2) is 0 Å². The van der Waals surface area contributed by atoms with E-state index in [1.54, 1.807) is 0 Å². The number of hydrogen-bond donors (Lipinski definition) is 0. The quantitative estimate of drug-likeness (QED) is 0.152. The fraction of sp³-hybridized carbons (Fsp3) is 0.0370. The second-order valence-corrected chi connectivity index (χ2v) is 14.5. The highest BCUT2D eigenvalue weighted by atomic mass is 15.1. The van der Waals surface area contributed by atoms with Crippen molar-refractivity contribution in [2.75, 3.05) is 4.90 Å². The zero-order chi connectivity index (χ0) is 37.3. The van der Waals surface area contributed by atoms with Gasteiger partial charge in [-0.1, -0.05) is 158 Å². The molecule has 0 atom stereocenters. The molecule has 266 valence electrons. The zero-order valence-electron chi connectivity index (χ0n) is 31.1. The van der Waals surface area contributed by atoms with Crippen LogP contribution in [0.2, 0.25) is 0 Å². The van der Waals surface area contributed by atoms with Crippen LogP contribution in [0.1, 0.15) is 12.8 Å². The summed E-state index contributed by atoms with van der Waals surface area (Å²) in [5.41, 5.74) is 15.5. The van der Waals surface area contributed by atoms with Crippen molar-refractivity contribution in [1.82, 2.24) is 4.57 Å². The van der Waals surface area contributed by atoms with Gasteiger partial charge < -0.3 is 9.47 Å². The summed E-state index contributed by atoms with van der Waals surface area (Å²) in [4.78, 5) is 2.32. The maximum atomic E-state index is 2.43. The SMILES string of the molecule is C1=c2c(n(-c3ccc(-c4ccccc4)cc3)c3ccc(-c4ccc(-c5ccc(N(c6ccccc6)c6ccc(-c7ccccc7)cc6)cc5)cc4)cc23)=CCC1. The first-order chi connectivity index (χ1) is 27.8. The van der Waals surface area contributed by atoms with Gasteiger partial charge >= 0.3 is 0 Å². The van der Waals surface area contributed by atoms with Gasteiger partial charge in [-0.25, -0.2) is 0 Å². The van der Waals surface area contributed by atoms with Crippen molar-refractivity contribution in [2.45, 2.75) is 12.8 Å². The second kappa shape index (κ2) is 14.6. The number of para-hydroxylation sites is 1. The summed E-state index contributed by atoms with van der Waals surface area (Å²) in [6.45, 7) is 0. The Bertz CT molecular complexity index is 2890. The average Bonchev–Trinajstić information content (AvgIpc) is 3.62. The first kappa shape index (κ1) is 33.4. The Morgan fingerprint density at radius 2 is 0.732 bits per heavy atom. The molecule has 0 radical (unpaired) electrons. The standard InChI is InChI=1S/C54H40N2/c1-4-12-39(13-5-1)42-24-31-48(32-25-42)55(47-16-8-3-9-17-47)49-33-26-44(27-34-49)41-20-22-45(23-21-41)46-30-37-54-52(38-46)51-18-10-11-19-53(51)56(54)50-35-28-43(29-36-50)40-14-6-2-7-15-40/h1-9,12-38H,10-11H2. The fourth-order valence-electron chi connectivity index (χ4n) is 8.21. The Kier molecular flexibility index (Phi) is 8.70. The van der Waals surface area contributed by atoms with Crippen LogP contribution in [0.5, 0.6) is 0 Å². The molecule has 0 spiro atoms. The molecule has 1 aliphatic rings. The van der Waals surface area contributed by atoms with E-state index >= 15 is 0 Å². The van der Waals surface area contributed by atoms with E-state index in [9.17, 15) is 0 Å². The molecule has 0 bridgehead atoms. The van der Waals surface area contributed by atoms with Crippen molar-refractivity contribution in [3.8, 4) is 50.2 Å². The highest BCUT2D eigenvalue weighted by molar-refractivity contribution is 5.89. The van der Waals surface area contributed by atoms with E-state index in [0.717, 1.165) is 29.9 Å². The molecule has 0 saturated carbocycles. The highest BCUT2D eigenvalue weighted by Crippen LogP contribution is 2.37. The molecule has 2 heteroatoms. The van der Waals surface area contributed by atoms with Crippen LogP contribution < -0.4 is 15.5 Å². The molecule has 1 heterocycles. The zero-order valence-corrected chi connectivity index (χ0v) is 31.1. The Morgan fingerprint density at radius 3 is 1.27 bits per heavy atom. The van der Waals surface area contributed by atoms with E-state index in [-0.39, 0.29) is 0 Å². The third-order valence-electron chi connectivity index (χ3n) is 11.1. The van der Waals surface area contributed by atoms with E-state index in [2.05, 4.69) is 228 Å². The first-order valence-corrected chi connectivity index (χ1v) is 19.5. The monoisotopic (exact) mass is 716 g/mol. The highest BCUT2D eigenvalue weighted by Gasteiger charge is 2.15. The minimum absolute atomic E-state index is 1.06. The Hall–Kier alpha value is -7.16. The molecule has 1 aliphatic carbocycles. The maximum absolute atomic E-state index is 2.43. The summed E-state index contributed by atoms with van der Waals surface area (Å²) >= 11 is 0. The number of fused-ring (bicyclic) bond motifs is 3. The molecule has 0 aliphatic heterocycles. The van der Waals surface area contributed by atoms with Gasteiger partial charge in [-0.3, -0.25) is 0 Å². The summed E-state index contributed by atoms with van der Waals surface area (Å²) in [5, 5.41) is 3.94. The van der Waals surface area contributed by atoms with Crippen LogP contribution in [0.15, 0.2) is 206 Å². The molecular formula is C54H40N2. The van der Waals surface area contributed by atoms with Crippen LogP contribution >= 0.6 is 0 Å². The van der Waals surface area contributed by atoms with Gasteiger partial charge in [0.25, 0.3) is 0 Å². The van der Waals surface area contributed by atoms with Crippen LogP contribution in [0.25, 0.3) is 73.2 Å². The number of aromatic nitrogens is 1. The van der Waals surface area contributed by atoms with Crippen LogP contribution in [-0.4, -0.2) is 4.57 Å². The van der Waals surface area contributed by atoms with Gasteiger partial charge in [0, 0.05) is 38.7 Å². The Balaban J connectivity index is 0.934. The fourth-order valence-corrected chi connectivity index (χ4v) is 8.21. The van der Waals surface area contributed by atoms with Crippen molar-refractivity contribution in [1.29, 1.82) is 0 Å². The summed E-state index contributed by atoms with van der Waals surface area (Å²) < 4.78 is 2.43. The number of benzene rings is 8. The number of rotatable bonds is 8. The van der Waals surface area contributed by atoms with Gasteiger partial charge in [-0.2, -0.15) is 0 Å². The lowest BCUT2D eigenvalue weighted by Gasteiger charge is -2.26. The van der Waals surface area contributed by atoms with Gasteiger partial charge in [0.05, 0.1) is 5.52 Å². The summed E-state index contributed by atoms with van der Waals surface area (Å²) in [7, 11) is 0. The first-order valence-electron chi connectivity index (χ1n) is 19.5. The summed E-state index contributed by atoms with van der Waals surface area (Å²) in [5.74, 6) is 0. The Labute approximate surface area is 328 Å². The lowest BCUT2D eigenvalue weighted by molar-refractivity contribution is 1.02. The second-order valence-electron chi connectivity index (χ2n) is 14.5. The third-order valence-corrected chi connectivity index (χ3v) is 11.1. The van der Waals surface area contributed by atoms with Crippen molar-refractivity contribution >= 4 is 40.1 Å². The Morgan fingerprint density at radius 1 is 0.339 bits per heavy atom. The normalized spacial score (nSPS) is 12.1. The topological polar surface area (TPSA) is 8.17 Å². The van der Waals surface area contributed by atoms with E-state index in [4.69, 9.17) is 0 Å². The maximum Gasteiger partial charge on any atom is 0.0541 e. The average molecular weight is 717 g/mol. The summed E-state index contributed by atoms with van der Waals surface area (Å²) in [6.07, 6.45) is 6.95. The van der Waals surface area contributed by atoms with Crippen LogP contribution in [0.4, 0.5) is 17.1 Å². The summed E-state index contributed by atoms with van der Waals surface area (Å²) in [6, 6.07) is 74.5.